The van der Waals surface area contributed by atoms with Gasteiger partial charge in [-0.3, -0.25) is 0 Å². The van der Waals surface area contributed by atoms with Crippen LogP contribution in [0.3, 0.4) is 0 Å². The summed E-state index contributed by atoms with van der Waals surface area (Å²) in [5.74, 6) is 0. The lowest BCUT2D eigenvalue weighted by Gasteiger charge is -2.13. The summed E-state index contributed by atoms with van der Waals surface area (Å²) in [6.07, 6.45) is 0. The highest BCUT2D eigenvalue weighted by Crippen LogP contribution is 2.49. The second kappa shape index (κ2) is 7.99. The lowest BCUT2D eigenvalue weighted by molar-refractivity contribution is 1.18. The standard InChI is InChI=1S/C40H24N2/c1-2-11-25(12-3-1)41-33-19-8-6-15-31(33)39-36(41)23-24-37-40(39)32-16-7-9-20-34(32)42(37)35-22-21-29-27-14-5-4-13-26(27)28-17-10-18-30(35)38(28)29/h1-24H. The summed E-state index contributed by atoms with van der Waals surface area (Å²) in [6.45, 7) is 0. The zero-order valence-corrected chi connectivity index (χ0v) is 22.8. The molecule has 0 saturated carbocycles. The first-order valence-corrected chi connectivity index (χ1v) is 14.5. The van der Waals surface area contributed by atoms with E-state index in [4.69, 9.17) is 0 Å². The van der Waals surface area contributed by atoms with Crippen LogP contribution in [0, 0.1) is 0 Å². The fraction of sp³-hybridized carbons (Fsp3) is 0. The summed E-state index contributed by atoms with van der Waals surface area (Å²) in [5.41, 5.74) is 12.6. The number of para-hydroxylation sites is 3. The lowest BCUT2D eigenvalue weighted by Crippen LogP contribution is -1.96. The van der Waals surface area contributed by atoms with Gasteiger partial charge in [0.15, 0.2) is 0 Å². The smallest absolute Gasteiger partial charge is 0.0549 e. The van der Waals surface area contributed by atoms with Gasteiger partial charge in [0.25, 0.3) is 0 Å². The van der Waals surface area contributed by atoms with Crippen molar-refractivity contribution >= 4 is 54.4 Å². The molecule has 1 aliphatic carbocycles. The van der Waals surface area contributed by atoms with Crippen molar-refractivity contribution in [2.45, 2.75) is 0 Å². The molecule has 0 fully saturated rings. The van der Waals surface area contributed by atoms with Crippen molar-refractivity contribution in [3.63, 3.8) is 0 Å². The van der Waals surface area contributed by atoms with E-state index in [1.807, 2.05) is 0 Å². The largest absolute Gasteiger partial charge is 0.309 e. The summed E-state index contributed by atoms with van der Waals surface area (Å²) in [5, 5.41) is 7.81. The minimum absolute atomic E-state index is 1.18. The molecule has 194 valence electrons. The van der Waals surface area contributed by atoms with Crippen LogP contribution in [0.5, 0.6) is 0 Å². The van der Waals surface area contributed by atoms with E-state index in [-0.39, 0.29) is 0 Å². The molecule has 2 heterocycles. The van der Waals surface area contributed by atoms with Crippen LogP contribution < -0.4 is 0 Å². The number of fused-ring (bicyclic) bond motifs is 10. The van der Waals surface area contributed by atoms with Crippen LogP contribution in [0.25, 0.3) is 88.0 Å². The highest BCUT2D eigenvalue weighted by molar-refractivity contribution is 6.29. The molecule has 7 aromatic carbocycles. The van der Waals surface area contributed by atoms with Gasteiger partial charge < -0.3 is 9.13 Å². The zero-order chi connectivity index (χ0) is 27.4. The predicted octanol–water partition coefficient (Wildman–Crippen LogP) is 10.7. The minimum Gasteiger partial charge on any atom is -0.309 e. The molecule has 0 bridgehead atoms. The summed E-state index contributed by atoms with van der Waals surface area (Å²) < 4.78 is 4.90. The van der Waals surface area contributed by atoms with Gasteiger partial charge >= 0.3 is 0 Å². The van der Waals surface area contributed by atoms with Crippen molar-refractivity contribution in [3.05, 3.63) is 146 Å². The molecule has 0 atom stereocenters. The van der Waals surface area contributed by atoms with Crippen molar-refractivity contribution in [2.24, 2.45) is 0 Å². The molecule has 0 radical (unpaired) electrons. The van der Waals surface area contributed by atoms with E-state index in [1.165, 1.54) is 88.0 Å². The molecular formula is C40H24N2. The number of nitrogens with zero attached hydrogens (tertiary/aromatic N) is 2. The zero-order valence-electron chi connectivity index (χ0n) is 22.8. The Balaban J connectivity index is 1.37. The average Bonchev–Trinajstić information content (AvgIpc) is 3.69. The molecule has 2 aromatic heterocycles. The molecule has 2 heteroatoms. The Hall–Kier alpha value is -5.60. The van der Waals surface area contributed by atoms with Crippen LogP contribution in [-0.2, 0) is 0 Å². The Morgan fingerprint density at radius 3 is 1.52 bits per heavy atom. The van der Waals surface area contributed by atoms with Crippen molar-refractivity contribution in [3.8, 4) is 33.6 Å². The topological polar surface area (TPSA) is 9.86 Å². The monoisotopic (exact) mass is 532 g/mol. The van der Waals surface area contributed by atoms with Gasteiger partial charge in [-0.25, -0.2) is 0 Å². The van der Waals surface area contributed by atoms with E-state index in [1.54, 1.807) is 0 Å². The number of rotatable bonds is 2. The lowest BCUT2D eigenvalue weighted by atomic mass is 10.0. The first-order valence-electron chi connectivity index (χ1n) is 14.5. The maximum Gasteiger partial charge on any atom is 0.0549 e. The van der Waals surface area contributed by atoms with E-state index in [0.717, 1.165) is 0 Å². The van der Waals surface area contributed by atoms with Gasteiger partial charge in [-0.1, -0.05) is 103 Å². The second-order valence-electron chi connectivity index (χ2n) is 11.3. The van der Waals surface area contributed by atoms with Crippen LogP contribution in [0.1, 0.15) is 0 Å². The van der Waals surface area contributed by atoms with Crippen LogP contribution in [0.4, 0.5) is 0 Å². The molecule has 0 amide bonds. The molecule has 42 heavy (non-hydrogen) atoms. The summed E-state index contributed by atoms with van der Waals surface area (Å²) in [7, 11) is 0. The molecule has 0 aliphatic heterocycles. The van der Waals surface area contributed by atoms with Gasteiger partial charge in [0.05, 0.1) is 27.8 Å². The summed E-state index contributed by atoms with van der Waals surface area (Å²) >= 11 is 0. The molecular weight excluding hydrogens is 508 g/mol. The van der Waals surface area contributed by atoms with Gasteiger partial charge in [0, 0.05) is 32.6 Å². The van der Waals surface area contributed by atoms with Gasteiger partial charge in [-0.2, -0.15) is 0 Å². The second-order valence-corrected chi connectivity index (χ2v) is 11.3. The molecule has 10 rings (SSSR count). The Bertz CT molecular complexity index is 2530. The predicted molar refractivity (Wildman–Crippen MR) is 177 cm³/mol. The van der Waals surface area contributed by atoms with Crippen LogP contribution in [0.2, 0.25) is 0 Å². The highest BCUT2D eigenvalue weighted by atomic mass is 15.0. The van der Waals surface area contributed by atoms with Crippen LogP contribution in [-0.4, -0.2) is 9.13 Å². The van der Waals surface area contributed by atoms with E-state index >= 15 is 0 Å². The third kappa shape index (κ3) is 2.69. The fourth-order valence-electron chi connectivity index (χ4n) is 7.62. The maximum atomic E-state index is 2.49. The van der Waals surface area contributed by atoms with Crippen molar-refractivity contribution < 1.29 is 0 Å². The Morgan fingerprint density at radius 1 is 0.286 bits per heavy atom. The summed E-state index contributed by atoms with van der Waals surface area (Å²) in [4.78, 5) is 0. The molecule has 9 aromatic rings. The number of benzene rings is 7. The number of hydrogen-bond donors (Lipinski definition) is 0. The average molecular weight is 533 g/mol. The van der Waals surface area contributed by atoms with Gasteiger partial charge in [-0.05, 0) is 70.1 Å². The molecule has 1 aliphatic rings. The molecule has 0 unspecified atom stereocenters. The SMILES string of the molecule is c1ccc(-n2c3ccccc3c3c4c5ccccc5n(-c5ccc6c7c(cccc57)-c5ccccc5-6)c4ccc32)cc1. The number of aromatic nitrogens is 2. The Labute approximate surface area is 242 Å². The van der Waals surface area contributed by atoms with Gasteiger partial charge in [-0.15, -0.1) is 0 Å². The third-order valence-electron chi connectivity index (χ3n) is 9.25. The van der Waals surface area contributed by atoms with Crippen molar-refractivity contribution in [2.75, 3.05) is 0 Å². The van der Waals surface area contributed by atoms with Crippen LogP contribution in [0.15, 0.2) is 146 Å². The summed E-state index contributed by atoms with van der Waals surface area (Å²) in [6, 6.07) is 53.3. The highest BCUT2D eigenvalue weighted by Gasteiger charge is 2.25. The van der Waals surface area contributed by atoms with E-state index < -0.39 is 0 Å². The quantitative estimate of drug-likeness (QED) is 0.210. The number of hydrogen-bond acceptors (Lipinski definition) is 0. The third-order valence-corrected chi connectivity index (χ3v) is 9.25. The van der Waals surface area contributed by atoms with Crippen LogP contribution >= 0.6 is 0 Å². The first kappa shape index (κ1) is 22.1. The normalized spacial score (nSPS) is 12.3. The van der Waals surface area contributed by atoms with E-state index in [0.29, 0.717) is 0 Å². The minimum atomic E-state index is 1.18. The van der Waals surface area contributed by atoms with Crippen molar-refractivity contribution in [1.82, 2.24) is 9.13 Å². The molecule has 0 N–H and O–H groups in total. The first-order chi connectivity index (χ1) is 20.9. The molecule has 0 spiro atoms. The van der Waals surface area contributed by atoms with Crippen molar-refractivity contribution in [1.29, 1.82) is 0 Å². The van der Waals surface area contributed by atoms with E-state index in [9.17, 15) is 0 Å². The van der Waals surface area contributed by atoms with Gasteiger partial charge in [0.1, 0.15) is 0 Å². The Kier molecular flexibility index (Phi) is 4.21. The van der Waals surface area contributed by atoms with Gasteiger partial charge in [0.2, 0.25) is 0 Å². The molecule has 0 saturated heterocycles. The fourth-order valence-corrected chi connectivity index (χ4v) is 7.62. The maximum absolute atomic E-state index is 2.49. The van der Waals surface area contributed by atoms with E-state index in [2.05, 4.69) is 155 Å². The molecule has 2 nitrogen and oxygen atoms in total. The Morgan fingerprint density at radius 2 is 0.810 bits per heavy atom.